The maximum atomic E-state index is 12.9. The summed E-state index contributed by atoms with van der Waals surface area (Å²) >= 11 is 0. The van der Waals surface area contributed by atoms with Gasteiger partial charge in [0, 0.05) is 19.5 Å². The number of nitrogens with one attached hydrogen (secondary N) is 1. The number of carbonyl (C=O) groups excluding carboxylic acids is 1. The van der Waals surface area contributed by atoms with Crippen LogP contribution < -0.4 is 10.1 Å². The van der Waals surface area contributed by atoms with Gasteiger partial charge in [-0.2, -0.15) is 4.31 Å². The molecule has 31 heavy (non-hydrogen) atoms. The lowest BCUT2D eigenvalue weighted by atomic mass is 9.99. The molecule has 1 amide bonds. The molecule has 0 spiro atoms. The van der Waals surface area contributed by atoms with E-state index in [1.54, 1.807) is 25.3 Å². The first kappa shape index (κ1) is 23.3. The first-order chi connectivity index (χ1) is 14.7. The van der Waals surface area contributed by atoms with Crippen molar-refractivity contribution < 1.29 is 17.9 Å². The molecule has 0 unspecified atom stereocenters. The molecule has 1 saturated heterocycles. The summed E-state index contributed by atoms with van der Waals surface area (Å²) in [5.41, 5.74) is 4.12. The summed E-state index contributed by atoms with van der Waals surface area (Å²) < 4.78 is 32.7. The van der Waals surface area contributed by atoms with Crippen LogP contribution in [0.4, 0.5) is 0 Å². The van der Waals surface area contributed by atoms with Gasteiger partial charge in [0.1, 0.15) is 5.75 Å². The van der Waals surface area contributed by atoms with Crippen molar-refractivity contribution in [3.8, 4) is 5.75 Å². The van der Waals surface area contributed by atoms with E-state index in [1.165, 1.54) is 4.31 Å². The second kappa shape index (κ2) is 9.83. The van der Waals surface area contributed by atoms with Gasteiger partial charge < -0.3 is 10.1 Å². The van der Waals surface area contributed by atoms with Gasteiger partial charge in [-0.25, -0.2) is 8.42 Å². The molecule has 0 saturated carbocycles. The lowest BCUT2D eigenvalue weighted by Gasteiger charge is -2.18. The Morgan fingerprint density at radius 1 is 1.13 bits per heavy atom. The van der Waals surface area contributed by atoms with Crippen LogP contribution in [0, 0.1) is 13.8 Å². The zero-order valence-electron chi connectivity index (χ0n) is 18.8. The van der Waals surface area contributed by atoms with Crippen molar-refractivity contribution in [1.29, 1.82) is 0 Å². The Morgan fingerprint density at radius 3 is 2.52 bits per heavy atom. The molecule has 0 bridgehead atoms. The predicted molar refractivity (Wildman–Crippen MR) is 122 cm³/mol. The Hall–Kier alpha value is -2.38. The van der Waals surface area contributed by atoms with Gasteiger partial charge in [0.15, 0.2) is 0 Å². The smallest absolute Gasteiger partial charge is 0.243 e. The van der Waals surface area contributed by atoms with E-state index < -0.39 is 10.0 Å². The molecule has 0 radical (unpaired) electrons. The van der Waals surface area contributed by atoms with Crippen LogP contribution >= 0.6 is 0 Å². The Morgan fingerprint density at radius 2 is 1.84 bits per heavy atom. The minimum atomic E-state index is -3.51. The van der Waals surface area contributed by atoms with Crippen LogP contribution in [0.25, 0.3) is 0 Å². The highest BCUT2D eigenvalue weighted by atomic mass is 32.2. The molecule has 0 aliphatic carbocycles. The summed E-state index contributed by atoms with van der Waals surface area (Å²) in [5, 5.41) is 3.06. The zero-order valence-corrected chi connectivity index (χ0v) is 19.6. The van der Waals surface area contributed by atoms with E-state index in [0.29, 0.717) is 25.3 Å². The van der Waals surface area contributed by atoms with E-state index in [-0.39, 0.29) is 23.3 Å². The first-order valence-corrected chi connectivity index (χ1v) is 12.2. The van der Waals surface area contributed by atoms with E-state index >= 15 is 0 Å². The molecule has 7 heteroatoms. The quantitative estimate of drug-likeness (QED) is 0.670. The average Bonchev–Trinajstić information content (AvgIpc) is 3.29. The average molecular weight is 445 g/mol. The van der Waals surface area contributed by atoms with Crippen molar-refractivity contribution in [3.63, 3.8) is 0 Å². The third-order valence-corrected chi connectivity index (χ3v) is 7.75. The minimum Gasteiger partial charge on any atom is -0.496 e. The first-order valence-electron chi connectivity index (χ1n) is 10.8. The molecule has 1 aliphatic heterocycles. The highest BCUT2D eigenvalue weighted by molar-refractivity contribution is 7.89. The monoisotopic (exact) mass is 444 g/mol. The van der Waals surface area contributed by atoms with E-state index in [0.717, 1.165) is 35.1 Å². The van der Waals surface area contributed by atoms with E-state index in [2.05, 4.69) is 23.5 Å². The molecule has 1 heterocycles. The number of methoxy groups -OCH3 is 1. The van der Waals surface area contributed by atoms with Crippen molar-refractivity contribution in [2.24, 2.45) is 0 Å². The van der Waals surface area contributed by atoms with E-state index in [1.807, 2.05) is 20.8 Å². The molecule has 1 aliphatic rings. The molecule has 2 aromatic carbocycles. The molecule has 168 valence electrons. The maximum absolute atomic E-state index is 12.9. The Labute approximate surface area is 185 Å². The number of aryl methyl sites for hydroxylation is 3. The molecular weight excluding hydrogens is 412 g/mol. The van der Waals surface area contributed by atoms with Gasteiger partial charge in [-0.05, 0) is 74.9 Å². The Kier molecular flexibility index (Phi) is 7.38. The maximum Gasteiger partial charge on any atom is 0.243 e. The fraction of sp³-hybridized carbons (Fsp3) is 0.458. The van der Waals surface area contributed by atoms with Crippen LogP contribution in [-0.2, 0) is 21.2 Å². The predicted octanol–water partition coefficient (Wildman–Crippen LogP) is 3.91. The van der Waals surface area contributed by atoms with Gasteiger partial charge in [0.05, 0.1) is 18.0 Å². The van der Waals surface area contributed by atoms with Crippen LogP contribution in [0.1, 0.15) is 54.5 Å². The second-order valence-electron chi connectivity index (χ2n) is 8.23. The standard InChI is InChI=1S/C24H32N2O4S/c1-17-7-8-18(2)22(15-17)19(3)25-24(27)12-9-20-16-21(10-11-23(20)30-4)31(28,29)26-13-5-6-14-26/h7-8,10-11,15-16,19H,5-6,9,12-14H2,1-4H3,(H,25,27)/t19-/m1/s1. The lowest BCUT2D eigenvalue weighted by Crippen LogP contribution is -2.28. The number of hydrogen-bond donors (Lipinski definition) is 1. The Balaban J connectivity index is 1.70. The molecule has 2 aromatic rings. The number of carbonyl (C=O) groups is 1. The molecular formula is C24H32N2O4S. The largest absolute Gasteiger partial charge is 0.496 e. The van der Waals surface area contributed by atoms with Crippen LogP contribution in [-0.4, -0.2) is 38.8 Å². The normalized spacial score (nSPS) is 15.6. The fourth-order valence-electron chi connectivity index (χ4n) is 4.05. The van der Waals surface area contributed by atoms with Crippen molar-refractivity contribution in [2.45, 2.75) is 57.4 Å². The van der Waals surface area contributed by atoms with Gasteiger partial charge in [-0.15, -0.1) is 0 Å². The van der Waals surface area contributed by atoms with Crippen LogP contribution in [0.5, 0.6) is 5.75 Å². The zero-order chi connectivity index (χ0) is 22.6. The second-order valence-corrected chi connectivity index (χ2v) is 10.2. The molecule has 6 nitrogen and oxygen atoms in total. The van der Waals surface area contributed by atoms with Crippen LogP contribution in [0.15, 0.2) is 41.3 Å². The van der Waals surface area contributed by atoms with Crippen molar-refractivity contribution >= 4 is 15.9 Å². The summed E-state index contributed by atoms with van der Waals surface area (Å²) in [7, 11) is -1.96. The summed E-state index contributed by atoms with van der Waals surface area (Å²) in [6.07, 6.45) is 2.43. The van der Waals surface area contributed by atoms with Gasteiger partial charge in [-0.3, -0.25) is 4.79 Å². The van der Waals surface area contributed by atoms with Crippen molar-refractivity contribution in [3.05, 3.63) is 58.7 Å². The molecule has 0 aromatic heterocycles. The third kappa shape index (κ3) is 5.46. The molecule has 1 fully saturated rings. The van der Waals surface area contributed by atoms with E-state index in [9.17, 15) is 13.2 Å². The van der Waals surface area contributed by atoms with Gasteiger partial charge >= 0.3 is 0 Å². The highest BCUT2D eigenvalue weighted by Crippen LogP contribution is 2.27. The summed E-state index contributed by atoms with van der Waals surface area (Å²) in [6.45, 7) is 7.16. The SMILES string of the molecule is COc1ccc(S(=O)(=O)N2CCCC2)cc1CCC(=O)N[C@H](C)c1cc(C)ccc1C. The number of amides is 1. The number of rotatable bonds is 8. The third-order valence-electron chi connectivity index (χ3n) is 5.85. The summed E-state index contributed by atoms with van der Waals surface area (Å²) in [4.78, 5) is 12.9. The minimum absolute atomic E-state index is 0.0803. The molecule has 3 rings (SSSR count). The number of nitrogens with zero attached hydrogens (tertiary/aromatic N) is 1. The molecule has 1 atom stereocenters. The van der Waals surface area contributed by atoms with Crippen LogP contribution in [0.2, 0.25) is 0 Å². The van der Waals surface area contributed by atoms with E-state index in [4.69, 9.17) is 4.74 Å². The van der Waals surface area contributed by atoms with Crippen LogP contribution in [0.3, 0.4) is 0 Å². The summed E-state index contributed by atoms with van der Waals surface area (Å²) in [5.74, 6) is 0.513. The highest BCUT2D eigenvalue weighted by Gasteiger charge is 2.27. The Bertz CT molecular complexity index is 1040. The van der Waals surface area contributed by atoms with Gasteiger partial charge in [0.2, 0.25) is 15.9 Å². The fourth-order valence-corrected chi connectivity index (χ4v) is 5.62. The van der Waals surface area contributed by atoms with Crippen molar-refractivity contribution in [2.75, 3.05) is 20.2 Å². The lowest BCUT2D eigenvalue weighted by molar-refractivity contribution is -0.121. The van der Waals surface area contributed by atoms with Crippen molar-refractivity contribution in [1.82, 2.24) is 9.62 Å². The van der Waals surface area contributed by atoms with Gasteiger partial charge in [-0.1, -0.05) is 23.8 Å². The number of sulfonamides is 1. The topological polar surface area (TPSA) is 75.7 Å². The number of hydrogen-bond acceptors (Lipinski definition) is 4. The van der Waals surface area contributed by atoms with Gasteiger partial charge in [0.25, 0.3) is 0 Å². The number of benzene rings is 2. The molecule has 1 N–H and O–H groups in total. The summed E-state index contributed by atoms with van der Waals surface area (Å²) in [6, 6.07) is 11.0. The number of ether oxygens (including phenoxy) is 1.